The molecule has 0 atom stereocenters. The van der Waals surface area contributed by atoms with Crippen molar-refractivity contribution in [1.29, 1.82) is 0 Å². The first-order valence-electron chi connectivity index (χ1n) is 9.78. The minimum absolute atomic E-state index is 0.0193. The number of urea groups is 1. The van der Waals surface area contributed by atoms with E-state index >= 15 is 0 Å². The third kappa shape index (κ3) is 3.52. The van der Waals surface area contributed by atoms with E-state index in [9.17, 15) is 9.59 Å². The summed E-state index contributed by atoms with van der Waals surface area (Å²) in [7, 11) is 0. The number of carbonyl (C=O) groups is 1. The van der Waals surface area contributed by atoms with E-state index in [4.69, 9.17) is 0 Å². The van der Waals surface area contributed by atoms with Gasteiger partial charge in [0.15, 0.2) is 0 Å². The molecule has 5 heteroatoms. The molecule has 0 saturated carbocycles. The Bertz CT molecular complexity index is 1080. The second kappa shape index (κ2) is 7.50. The monoisotopic (exact) mass is 375 g/mol. The molecule has 1 N–H and O–H groups in total. The van der Waals surface area contributed by atoms with Gasteiger partial charge in [0.2, 0.25) is 0 Å². The number of nitrogens with zero attached hydrogens (tertiary/aromatic N) is 2. The molecule has 1 aliphatic rings. The number of rotatable bonds is 3. The van der Waals surface area contributed by atoms with E-state index in [0.717, 1.165) is 11.8 Å². The Morgan fingerprint density at radius 2 is 1.71 bits per heavy atom. The van der Waals surface area contributed by atoms with Crippen molar-refractivity contribution in [3.05, 3.63) is 76.2 Å². The van der Waals surface area contributed by atoms with Gasteiger partial charge < -0.3 is 14.8 Å². The van der Waals surface area contributed by atoms with Crippen LogP contribution in [0.3, 0.4) is 0 Å². The standard InChI is InChI=1S/C23H25N3O2/c1-16(2)13-26-15-21(19-9-5-6-10-20(19)22(26)27)24-23(28)25-12-11-17-7-3-4-8-18(17)14-25/h3-10,15-16H,11-14H2,1-2H3,(H,24,28). The van der Waals surface area contributed by atoms with Gasteiger partial charge >= 0.3 is 6.03 Å². The normalized spacial score (nSPS) is 13.6. The number of amides is 2. The van der Waals surface area contributed by atoms with Gasteiger partial charge in [-0.3, -0.25) is 4.79 Å². The van der Waals surface area contributed by atoms with E-state index in [2.05, 4.69) is 31.3 Å². The van der Waals surface area contributed by atoms with Gasteiger partial charge in [-0.1, -0.05) is 56.3 Å². The largest absolute Gasteiger partial charge is 0.322 e. The Morgan fingerprint density at radius 3 is 2.46 bits per heavy atom. The van der Waals surface area contributed by atoms with Gasteiger partial charge in [0.05, 0.1) is 5.69 Å². The molecule has 3 aromatic rings. The molecule has 0 bridgehead atoms. The van der Waals surface area contributed by atoms with E-state index in [1.54, 1.807) is 10.8 Å². The van der Waals surface area contributed by atoms with E-state index < -0.39 is 0 Å². The number of hydrogen-bond donors (Lipinski definition) is 1. The van der Waals surface area contributed by atoms with E-state index in [-0.39, 0.29) is 11.6 Å². The molecule has 4 rings (SSSR count). The fourth-order valence-electron chi connectivity index (χ4n) is 3.84. The first kappa shape index (κ1) is 18.3. The number of carbonyl (C=O) groups excluding carboxylic acids is 1. The highest BCUT2D eigenvalue weighted by atomic mass is 16.2. The number of anilines is 1. The van der Waals surface area contributed by atoms with Crippen molar-refractivity contribution in [2.75, 3.05) is 11.9 Å². The van der Waals surface area contributed by atoms with Crippen LogP contribution in [0, 0.1) is 5.92 Å². The zero-order valence-electron chi connectivity index (χ0n) is 16.3. The molecule has 1 aliphatic heterocycles. The summed E-state index contributed by atoms with van der Waals surface area (Å²) >= 11 is 0. The van der Waals surface area contributed by atoms with Crippen molar-refractivity contribution < 1.29 is 4.79 Å². The van der Waals surface area contributed by atoms with Crippen LogP contribution < -0.4 is 10.9 Å². The van der Waals surface area contributed by atoms with Crippen LogP contribution >= 0.6 is 0 Å². The van der Waals surface area contributed by atoms with Crippen molar-refractivity contribution in [2.24, 2.45) is 5.92 Å². The number of aromatic nitrogens is 1. The second-order valence-corrected chi connectivity index (χ2v) is 7.81. The Balaban J connectivity index is 1.65. The summed E-state index contributed by atoms with van der Waals surface area (Å²) in [5.41, 5.74) is 3.16. The van der Waals surface area contributed by atoms with Crippen LogP contribution in [0.5, 0.6) is 0 Å². The molecule has 5 nitrogen and oxygen atoms in total. The maximum absolute atomic E-state index is 13.0. The lowest BCUT2D eigenvalue weighted by molar-refractivity contribution is 0.206. The number of nitrogens with one attached hydrogen (secondary N) is 1. The molecule has 0 spiro atoms. The first-order chi connectivity index (χ1) is 13.5. The summed E-state index contributed by atoms with van der Waals surface area (Å²) in [6.07, 6.45) is 2.64. The summed E-state index contributed by atoms with van der Waals surface area (Å²) in [5, 5.41) is 4.46. The van der Waals surface area contributed by atoms with Crippen LogP contribution in [0.15, 0.2) is 59.5 Å². The third-order valence-electron chi connectivity index (χ3n) is 5.21. The molecule has 0 aliphatic carbocycles. The molecule has 1 aromatic heterocycles. The molecule has 0 radical (unpaired) electrons. The highest BCUT2D eigenvalue weighted by molar-refractivity contribution is 6.01. The molecule has 2 heterocycles. The van der Waals surface area contributed by atoms with Crippen LogP contribution in [0.25, 0.3) is 10.8 Å². The second-order valence-electron chi connectivity index (χ2n) is 7.81. The average Bonchev–Trinajstić information content (AvgIpc) is 2.70. The lowest BCUT2D eigenvalue weighted by Gasteiger charge is -2.29. The topological polar surface area (TPSA) is 54.3 Å². The lowest BCUT2D eigenvalue weighted by atomic mass is 10.0. The average molecular weight is 375 g/mol. The molecular weight excluding hydrogens is 350 g/mol. The Hall–Kier alpha value is -3.08. The van der Waals surface area contributed by atoms with Gasteiger partial charge in [0.1, 0.15) is 0 Å². The van der Waals surface area contributed by atoms with Gasteiger partial charge in [-0.05, 0) is 29.5 Å². The fourth-order valence-corrected chi connectivity index (χ4v) is 3.84. The van der Waals surface area contributed by atoms with Crippen molar-refractivity contribution in [3.8, 4) is 0 Å². The van der Waals surface area contributed by atoms with E-state index in [0.29, 0.717) is 36.6 Å². The molecule has 0 unspecified atom stereocenters. The Morgan fingerprint density at radius 1 is 1.04 bits per heavy atom. The van der Waals surface area contributed by atoms with Crippen LogP contribution in [0.1, 0.15) is 25.0 Å². The SMILES string of the molecule is CC(C)Cn1cc(NC(=O)N2CCc3ccccc3C2)c2ccccc2c1=O. The van der Waals surface area contributed by atoms with Crippen molar-refractivity contribution in [2.45, 2.75) is 33.4 Å². The predicted molar refractivity (Wildman–Crippen MR) is 113 cm³/mol. The fraction of sp³-hybridized carbons (Fsp3) is 0.304. The number of pyridine rings is 1. The predicted octanol–water partition coefficient (Wildman–Crippen LogP) is 4.25. The van der Waals surface area contributed by atoms with E-state index in [1.807, 2.05) is 41.3 Å². The highest BCUT2D eigenvalue weighted by Crippen LogP contribution is 2.23. The van der Waals surface area contributed by atoms with Crippen molar-refractivity contribution in [3.63, 3.8) is 0 Å². The third-order valence-corrected chi connectivity index (χ3v) is 5.21. The van der Waals surface area contributed by atoms with Crippen LogP contribution in [0.2, 0.25) is 0 Å². The zero-order chi connectivity index (χ0) is 19.7. The Labute approximate surface area is 164 Å². The van der Waals surface area contributed by atoms with Gasteiger partial charge in [0, 0.05) is 36.6 Å². The van der Waals surface area contributed by atoms with Gasteiger partial charge in [-0.25, -0.2) is 4.79 Å². The number of benzene rings is 2. The maximum Gasteiger partial charge on any atom is 0.322 e. The van der Waals surface area contributed by atoms with Gasteiger partial charge in [-0.15, -0.1) is 0 Å². The minimum atomic E-state index is -0.130. The van der Waals surface area contributed by atoms with Crippen LogP contribution in [-0.2, 0) is 19.5 Å². The van der Waals surface area contributed by atoms with Crippen LogP contribution in [-0.4, -0.2) is 22.0 Å². The molecule has 0 saturated heterocycles. The maximum atomic E-state index is 13.0. The summed E-state index contributed by atoms with van der Waals surface area (Å²) in [5.74, 6) is 0.334. The summed E-state index contributed by atoms with van der Waals surface area (Å²) in [4.78, 5) is 27.6. The zero-order valence-corrected chi connectivity index (χ0v) is 16.3. The summed E-state index contributed by atoms with van der Waals surface area (Å²) in [6.45, 7) is 6.05. The molecular formula is C23H25N3O2. The molecule has 0 fully saturated rings. The highest BCUT2D eigenvalue weighted by Gasteiger charge is 2.21. The minimum Gasteiger partial charge on any atom is -0.320 e. The summed E-state index contributed by atoms with van der Waals surface area (Å²) < 4.78 is 1.70. The number of fused-ring (bicyclic) bond motifs is 2. The smallest absolute Gasteiger partial charge is 0.320 e. The molecule has 2 aromatic carbocycles. The van der Waals surface area contributed by atoms with E-state index in [1.165, 1.54) is 11.1 Å². The Kier molecular flexibility index (Phi) is 4.90. The summed E-state index contributed by atoms with van der Waals surface area (Å²) in [6, 6.07) is 15.6. The quantitative estimate of drug-likeness (QED) is 0.744. The molecule has 28 heavy (non-hydrogen) atoms. The number of hydrogen-bond acceptors (Lipinski definition) is 2. The van der Waals surface area contributed by atoms with Gasteiger partial charge in [-0.2, -0.15) is 0 Å². The molecule has 2 amide bonds. The lowest BCUT2D eigenvalue weighted by Crippen LogP contribution is -2.39. The first-order valence-corrected chi connectivity index (χ1v) is 9.78. The van der Waals surface area contributed by atoms with Crippen molar-refractivity contribution >= 4 is 22.5 Å². The van der Waals surface area contributed by atoms with Gasteiger partial charge in [0.25, 0.3) is 5.56 Å². The van der Waals surface area contributed by atoms with Crippen molar-refractivity contribution in [1.82, 2.24) is 9.47 Å². The molecule has 144 valence electrons. The van der Waals surface area contributed by atoms with Crippen LogP contribution in [0.4, 0.5) is 10.5 Å².